The van der Waals surface area contributed by atoms with E-state index >= 15 is 0 Å². The molecular formula is C16H32F6N2O7S2Si. The highest BCUT2D eigenvalue weighted by Crippen LogP contribution is 2.36. The van der Waals surface area contributed by atoms with Crippen LogP contribution < -0.4 is 0 Å². The van der Waals surface area contributed by atoms with Crippen molar-refractivity contribution in [1.82, 2.24) is 0 Å². The second kappa shape index (κ2) is 12.6. The zero-order chi connectivity index (χ0) is 27.1. The van der Waals surface area contributed by atoms with E-state index in [1.165, 1.54) is 43.3 Å². The van der Waals surface area contributed by atoms with Crippen LogP contribution >= 0.6 is 0 Å². The Hall–Kier alpha value is -0.503. The topological polar surface area (TPSA) is 110 Å². The highest BCUT2D eigenvalue weighted by molar-refractivity contribution is 8.13. The van der Waals surface area contributed by atoms with Gasteiger partial charge in [-0.05, 0) is 32.6 Å². The summed E-state index contributed by atoms with van der Waals surface area (Å²) in [5, 5.41) is 0. The van der Waals surface area contributed by atoms with E-state index in [0.717, 1.165) is 22.8 Å². The van der Waals surface area contributed by atoms with E-state index in [0.29, 0.717) is 0 Å². The van der Waals surface area contributed by atoms with Gasteiger partial charge in [-0.2, -0.15) is 26.3 Å². The first kappa shape index (κ1) is 33.5. The first-order valence-electron chi connectivity index (χ1n) is 10.2. The summed E-state index contributed by atoms with van der Waals surface area (Å²) in [6, 6.07) is 1.64. The monoisotopic (exact) mass is 570 g/mol. The van der Waals surface area contributed by atoms with Crippen molar-refractivity contribution in [2.45, 2.75) is 62.6 Å². The average Bonchev–Trinajstić information content (AvgIpc) is 2.73. The Morgan fingerprint density at radius 1 is 0.853 bits per heavy atom. The van der Waals surface area contributed by atoms with Crippen LogP contribution in [0.1, 0.15) is 39.5 Å². The summed E-state index contributed by atoms with van der Waals surface area (Å²) in [4.78, 5) is 0. The lowest BCUT2D eigenvalue weighted by molar-refractivity contribution is -0.952. The van der Waals surface area contributed by atoms with E-state index in [9.17, 15) is 43.2 Å². The molecule has 0 aliphatic carbocycles. The number of hydrogen-bond acceptors (Lipinski definition) is 7. The van der Waals surface area contributed by atoms with Crippen LogP contribution in [0.4, 0.5) is 26.3 Å². The average molecular weight is 571 g/mol. The van der Waals surface area contributed by atoms with Gasteiger partial charge in [-0.15, -0.1) is 0 Å². The minimum Gasteiger partial charge on any atom is -0.421 e. The van der Waals surface area contributed by atoms with Crippen LogP contribution in [0.3, 0.4) is 0 Å². The smallest absolute Gasteiger partial charge is 0.421 e. The lowest BCUT2D eigenvalue weighted by Crippen LogP contribution is -2.59. The molecule has 1 aliphatic heterocycles. The van der Waals surface area contributed by atoms with Gasteiger partial charge in [0, 0.05) is 21.3 Å². The number of likely N-dealkylation sites (tertiary alicyclic amines) is 1. The highest BCUT2D eigenvalue weighted by atomic mass is 32.3. The van der Waals surface area contributed by atoms with Crippen LogP contribution in [0.15, 0.2) is 0 Å². The number of halogens is 6. The van der Waals surface area contributed by atoms with Crippen molar-refractivity contribution >= 4 is 28.9 Å². The molecule has 1 rings (SSSR count). The second-order valence-electron chi connectivity index (χ2n) is 7.67. The third-order valence-corrected chi connectivity index (χ3v) is 11.3. The van der Waals surface area contributed by atoms with Gasteiger partial charge in [-0.3, -0.25) is 0 Å². The van der Waals surface area contributed by atoms with Crippen molar-refractivity contribution < 1.29 is 60.9 Å². The van der Waals surface area contributed by atoms with Crippen molar-refractivity contribution in [3.8, 4) is 0 Å². The van der Waals surface area contributed by atoms with Crippen LogP contribution in [-0.2, 0) is 33.3 Å². The van der Waals surface area contributed by atoms with Gasteiger partial charge >= 0.3 is 19.8 Å². The largest absolute Gasteiger partial charge is 0.505 e. The van der Waals surface area contributed by atoms with Crippen molar-refractivity contribution in [1.29, 1.82) is 0 Å². The lowest BCUT2D eigenvalue weighted by atomic mass is 10.0. The molecule has 206 valence electrons. The van der Waals surface area contributed by atoms with E-state index in [-0.39, 0.29) is 0 Å². The number of nitrogens with zero attached hydrogens (tertiary/aromatic N) is 2. The number of hydrogen-bond donors (Lipinski definition) is 0. The number of alkyl halides is 6. The van der Waals surface area contributed by atoms with Crippen molar-refractivity contribution in [3.63, 3.8) is 0 Å². The van der Waals surface area contributed by atoms with Crippen molar-refractivity contribution in [2.75, 3.05) is 41.0 Å². The molecule has 34 heavy (non-hydrogen) atoms. The zero-order valence-electron chi connectivity index (χ0n) is 19.6. The predicted molar refractivity (Wildman–Crippen MR) is 113 cm³/mol. The molecule has 1 unspecified atom stereocenters. The van der Waals surface area contributed by atoms with Crippen LogP contribution in [-0.4, -0.2) is 88.1 Å². The van der Waals surface area contributed by atoms with Gasteiger partial charge in [-0.25, -0.2) is 16.8 Å². The third kappa shape index (κ3) is 8.86. The normalized spacial score (nSPS) is 18.7. The maximum absolute atomic E-state index is 11.4. The Morgan fingerprint density at radius 2 is 1.24 bits per heavy atom. The third-order valence-electron chi connectivity index (χ3n) is 5.81. The molecule has 0 spiro atoms. The lowest BCUT2D eigenvalue weighted by Gasteiger charge is -2.47. The molecule has 1 fully saturated rings. The van der Waals surface area contributed by atoms with Gasteiger partial charge in [-0.1, -0.05) is 6.92 Å². The van der Waals surface area contributed by atoms with Gasteiger partial charge < -0.3 is 21.9 Å². The molecule has 1 aliphatic rings. The number of rotatable bonds is 10. The van der Waals surface area contributed by atoms with Gasteiger partial charge in [0.25, 0.3) is 0 Å². The Bertz CT molecular complexity index is 778. The second-order valence-corrected chi connectivity index (χ2v) is 14.2. The molecule has 0 amide bonds. The maximum atomic E-state index is 11.4. The number of quaternary nitrogens is 1. The molecule has 0 aromatic rings. The quantitative estimate of drug-likeness (QED) is 0.224. The minimum absolute atomic E-state index is 0.720. The van der Waals surface area contributed by atoms with E-state index in [1.54, 1.807) is 21.3 Å². The molecule has 1 atom stereocenters. The van der Waals surface area contributed by atoms with Gasteiger partial charge in [0.2, 0.25) is 0 Å². The van der Waals surface area contributed by atoms with Crippen LogP contribution in [0.5, 0.6) is 0 Å². The summed E-state index contributed by atoms with van der Waals surface area (Å²) in [7, 11) is -10.7. The molecule has 0 aromatic heterocycles. The fraction of sp³-hybridized carbons (Fsp3) is 1.00. The Labute approximate surface area is 197 Å². The highest BCUT2D eigenvalue weighted by Gasteiger charge is 2.47. The molecule has 1 heterocycles. The van der Waals surface area contributed by atoms with Gasteiger partial charge in [0.05, 0.1) is 31.7 Å². The van der Waals surface area contributed by atoms with Gasteiger partial charge in [0.1, 0.15) is 0 Å². The molecule has 9 nitrogen and oxygen atoms in total. The zero-order valence-corrected chi connectivity index (χ0v) is 22.2. The first-order chi connectivity index (χ1) is 15.3. The summed E-state index contributed by atoms with van der Waals surface area (Å²) >= 11 is 0. The fourth-order valence-electron chi connectivity index (χ4n) is 3.54. The first-order valence-corrected chi connectivity index (χ1v) is 15.0. The van der Waals surface area contributed by atoms with Crippen LogP contribution in [0, 0.1) is 0 Å². The maximum Gasteiger partial charge on any atom is 0.505 e. The van der Waals surface area contributed by atoms with Crippen molar-refractivity contribution in [3.05, 3.63) is 4.13 Å². The number of sulfonamides is 2. The molecule has 0 N–H and O–H groups in total. The van der Waals surface area contributed by atoms with E-state index in [2.05, 4.69) is 13.8 Å². The Kier molecular flexibility index (Phi) is 12.5. The summed E-state index contributed by atoms with van der Waals surface area (Å²) in [5.74, 6) is 0. The van der Waals surface area contributed by atoms with Crippen molar-refractivity contribution in [2.24, 2.45) is 0 Å². The van der Waals surface area contributed by atoms with E-state index in [1.807, 2.05) is 0 Å². The van der Waals surface area contributed by atoms with E-state index in [4.69, 9.17) is 13.3 Å². The standard InChI is InChI=1S/C14H32NO3Si.C2F6NO4S2/c1-6-14(2)15(10-8-7-9-11-15)12-13-19(16-3,17-4)18-5;3-1(4,5)14(10,11)9-15(12,13)2(6,7)8/h14H,6-13H2,1-5H3;/q+1;-1. The van der Waals surface area contributed by atoms with E-state index < -0.39 is 39.9 Å². The Balaban J connectivity index is 0.000000661. The fourth-order valence-corrected chi connectivity index (χ4v) is 7.08. The van der Waals surface area contributed by atoms with Crippen LogP contribution in [0.25, 0.3) is 4.13 Å². The summed E-state index contributed by atoms with van der Waals surface area (Å²) < 4.78 is 127. The molecule has 0 radical (unpaired) electrons. The molecule has 0 saturated carbocycles. The summed E-state index contributed by atoms with van der Waals surface area (Å²) in [5.41, 5.74) is -12.4. The minimum atomic E-state index is -6.72. The molecule has 0 aromatic carbocycles. The van der Waals surface area contributed by atoms with Crippen LogP contribution in [0.2, 0.25) is 6.04 Å². The summed E-state index contributed by atoms with van der Waals surface area (Å²) in [6.07, 6.45) is 5.33. The molecule has 18 heteroatoms. The SMILES string of the molecule is CCC(C)[N+]1(CC[Si](OC)(OC)OC)CCCCC1.O=S(=O)([N-]S(=O)(=O)C(F)(F)F)C(F)(F)F. The van der Waals surface area contributed by atoms with Gasteiger partial charge in [0.15, 0.2) is 20.0 Å². The summed E-state index contributed by atoms with van der Waals surface area (Å²) in [6.45, 7) is 8.41. The Morgan fingerprint density at radius 3 is 1.53 bits per heavy atom. The number of piperidine rings is 1. The molecule has 1 saturated heterocycles. The molecular weight excluding hydrogens is 538 g/mol. The predicted octanol–water partition coefficient (Wildman–Crippen LogP) is 3.72. The molecule has 0 bridgehead atoms.